The average Bonchev–Trinajstić information content (AvgIpc) is 3.08. The Kier molecular flexibility index (Phi) is 4.83. The number of piperazine rings is 1. The summed E-state index contributed by atoms with van der Waals surface area (Å²) in [5.74, 6) is 0.644. The minimum atomic E-state index is -0.130. The molecule has 25 heavy (non-hydrogen) atoms. The largest absolute Gasteiger partial charge is 0.494 e. The molecule has 3 rings (SSSR count). The van der Waals surface area contributed by atoms with E-state index in [1.165, 1.54) is 12.5 Å². The van der Waals surface area contributed by atoms with Crippen LogP contribution in [-0.2, 0) is 4.79 Å². The summed E-state index contributed by atoms with van der Waals surface area (Å²) in [7, 11) is 1.64. The van der Waals surface area contributed by atoms with Crippen LogP contribution >= 0.6 is 0 Å². The fraction of sp³-hybridized carbons (Fsp3) is 0.278. The maximum Gasteiger partial charge on any atom is 0.257 e. The van der Waals surface area contributed by atoms with Gasteiger partial charge in [-0.1, -0.05) is 19.2 Å². The number of anilines is 1. The van der Waals surface area contributed by atoms with E-state index in [1.54, 1.807) is 24.4 Å². The molecule has 0 saturated carbocycles. The normalized spacial score (nSPS) is 15.7. The fourth-order valence-electron chi connectivity index (χ4n) is 2.87. The summed E-state index contributed by atoms with van der Waals surface area (Å²) in [5.41, 5.74) is 1.69. The SMILES string of the molecule is C=C/C(C(=O)N1CCN(c2cnccc2OC)CC1)=c1/ocnc1=C. The van der Waals surface area contributed by atoms with Crippen LogP contribution in [0, 0.1) is 0 Å². The monoisotopic (exact) mass is 340 g/mol. The van der Waals surface area contributed by atoms with Crippen LogP contribution in [0.3, 0.4) is 0 Å². The number of pyridine rings is 1. The minimum Gasteiger partial charge on any atom is -0.494 e. The van der Waals surface area contributed by atoms with Crippen molar-refractivity contribution >= 4 is 23.7 Å². The van der Waals surface area contributed by atoms with Crippen molar-refractivity contribution in [2.75, 3.05) is 38.2 Å². The number of amides is 1. The summed E-state index contributed by atoms with van der Waals surface area (Å²) in [6, 6.07) is 1.83. The standard InChI is InChI=1S/C18H20N4O3/c1-4-14(17-13(2)20-12-25-17)18(23)22-9-7-21(8-10-22)15-11-19-6-5-16(15)24-3/h4-6,11-12H,1-2,7-10H2,3H3/b17-14-. The van der Waals surface area contributed by atoms with Crippen LogP contribution in [0.25, 0.3) is 12.2 Å². The lowest BCUT2D eigenvalue weighted by molar-refractivity contribution is -0.125. The van der Waals surface area contributed by atoms with Crippen molar-refractivity contribution in [2.24, 2.45) is 0 Å². The molecule has 0 unspecified atom stereocenters. The second-order valence-electron chi connectivity index (χ2n) is 5.57. The zero-order valence-electron chi connectivity index (χ0n) is 14.1. The third-order valence-corrected chi connectivity index (χ3v) is 4.21. The Labute approximate surface area is 145 Å². The van der Waals surface area contributed by atoms with E-state index < -0.39 is 0 Å². The van der Waals surface area contributed by atoms with Crippen LogP contribution in [0.2, 0.25) is 0 Å². The average molecular weight is 340 g/mol. The molecule has 7 nitrogen and oxygen atoms in total. The van der Waals surface area contributed by atoms with Gasteiger partial charge < -0.3 is 19.0 Å². The highest BCUT2D eigenvalue weighted by Gasteiger charge is 2.25. The number of rotatable bonds is 4. The molecule has 2 aromatic rings. The Bertz CT molecular complexity index is 882. The number of aromatic nitrogens is 2. The number of hydrogen-bond donors (Lipinski definition) is 0. The first-order valence-corrected chi connectivity index (χ1v) is 7.93. The Hall–Kier alpha value is -3.09. The van der Waals surface area contributed by atoms with Crippen LogP contribution in [0.5, 0.6) is 5.75 Å². The van der Waals surface area contributed by atoms with Crippen LogP contribution in [0.1, 0.15) is 0 Å². The molecule has 1 aliphatic heterocycles. The zero-order chi connectivity index (χ0) is 17.8. The smallest absolute Gasteiger partial charge is 0.257 e. The van der Waals surface area contributed by atoms with Crippen molar-refractivity contribution in [2.45, 2.75) is 0 Å². The van der Waals surface area contributed by atoms with Gasteiger partial charge in [0.25, 0.3) is 5.91 Å². The van der Waals surface area contributed by atoms with Gasteiger partial charge in [-0.05, 0) is 0 Å². The van der Waals surface area contributed by atoms with E-state index in [4.69, 9.17) is 9.15 Å². The molecule has 0 radical (unpaired) electrons. The van der Waals surface area contributed by atoms with Crippen LogP contribution in [0.15, 0.2) is 41.9 Å². The number of carbonyl (C=O) groups is 1. The molecule has 1 amide bonds. The van der Waals surface area contributed by atoms with Crippen molar-refractivity contribution in [1.82, 2.24) is 14.9 Å². The number of oxazole rings is 1. The molecule has 0 atom stereocenters. The summed E-state index contributed by atoms with van der Waals surface area (Å²) in [6.07, 6.45) is 6.25. The summed E-state index contributed by atoms with van der Waals surface area (Å²) in [5, 5.41) is 0.432. The third-order valence-electron chi connectivity index (χ3n) is 4.21. The van der Waals surface area contributed by atoms with E-state index in [0.717, 1.165) is 11.4 Å². The molecule has 1 saturated heterocycles. The quantitative estimate of drug-likeness (QED) is 0.790. The third kappa shape index (κ3) is 3.26. The summed E-state index contributed by atoms with van der Waals surface area (Å²) >= 11 is 0. The van der Waals surface area contributed by atoms with E-state index >= 15 is 0 Å². The first-order valence-electron chi connectivity index (χ1n) is 7.93. The van der Waals surface area contributed by atoms with Crippen LogP contribution in [-0.4, -0.2) is 54.1 Å². The lowest BCUT2D eigenvalue weighted by atomic mass is 10.2. The summed E-state index contributed by atoms with van der Waals surface area (Å²) in [4.78, 5) is 24.8. The second-order valence-corrected chi connectivity index (χ2v) is 5.57. The molecule has 0 aliphatic carbocycles. The highest BCUT2D eigenvalue weighted by molar-refractivity contribution is 6.16. The number of hydrogen-bond acceptors (Lipinski definition) is 6. The summed E-state index contributed by atoms with van der Waals surface area (Å²) in [6.45, 7) is 10.0. The van der Waals surface area contributed by atoms with E-state index in [-0.39, 0.29) is 5.91 Å². The molecule has 3 heterocycles. The number of methoxy groups -OCH3 is 1. The predicted octanol–water partition coefficient (Wildman–Crippen LogP) is 0.174. The lowest BCUT2D eigenvalue weighted by Gasteiger charge is -2.36. The second kappa shape index (κ2) is 7.21. The van der Waals surface area contributed by atoms with E-state index in [2.05, 4.69) is 28.0 Å². The molecule has 2 aromatic heterocycles. The first kappa shape index (κ1) is 16.8. The molecule has 7 heteroatoms. The van der Waals surface area contributed by atoms with Crippen LogP contribution in [0.4, 0.5) is 5.69 Å². The Balaban J connectivity index is 1.76. The van der Waals surface area contributed by atoms with Gasteiger partial charge in [0, 0.05) is 38.4 Å². The maximum atomic E-state index is 12.8. The Morgan fingerprint density at radius 2 is 2.12 bits per heavy atom. The number of nitrogens with zero attached hydrogens (tertiary/aromatic N) is 4. The Morgan fingerprint density at radius 3 is 2.72 bits per heavy atom. The fourth-order valence-corrected chi connectivity index (χ4v) is 2.87. The van der Waals surface area contributed by atoms with Crippen molar-refractivity contribution in [3.63, 3.8) is 0 Å². The molecular formula is C18H20N4O3. The van der Waals surface area contributed by atoms with Gasteiger partial charge in [0.15, 0.2) is 11.8 Å². The van der Waals surface area contributed by atoms with Crippen molar-refractivity contribution in [1.29, 1.82) is 0 Å². The van der Waals surface area contributed by atoms with Crippen molar-refractivity contribution < 1.29 is 13.9 Å². The van der Waals surface area contributed by atoms with Gasteiger partial charge in [0.05, 0.1) is 24.6 Å². The molecule has 130 valence electrons. The van der Waals surface area contributed by atoms with Gasteiger partial charge in [-0.25, -0.2) is 4.98 Å². The molecule has 0 bridgehead atoms. The number of ether oxygens (including phenoxy) is 1. The minimum absolute atomic E-state index is 0.130. The van der Waals surface area contributed by atoms with Crippen LogP contribution < -0.4 is 20.4 Å². The van der Waals surface area contributed by atoms with Gasteiger partial charge in [-0.2, -0.15) is 0 Å². The van der Waals surface area contributed by atoms with Gasteiger partial charge in [0.1, 0.15) is 11.1 Å². The van der Waals surface area contributed by atoms with E-state index in [9.17, 15) is 4.79 Å². The molecule has 0 N–H and O–H groups in total. The van der Waals surface area contributed by atoms with E-state index in [1.807, 2.05) is 6.07 Å². The first-order chi connectivity index (χ1) is 12.2. The highest BCUT2D eigenvalue weighted by Crippen LogP contribution is 2.27. The van der Waals surface area contributed by atoms with Crippen molar-refractivity contribution in [3.05, 3.63) is 48.3 Å². The molecule has 0 aromatic carbocycles. The predicted molar refractivity (Wildman–Crippen MR) is 94.5 cm³/mol. The zero-order valence-corrected chi connectivity index (χ0v) is 14.1. The molecule has 0 spiro atoms. The van der Waals surface area contributed by atoms with Crippen molar-refractivity contribution in [3.8, 4) is 5.75 Å². The topological polar surface area (TPSA) is 71.7 Å². The maximum absolute atomic E-state index is 12.8. The molecular weight excluding hydrogens is 320 g/mol. The number of carbonyl (C=O) groups excluding carboxylic acids is 1. The van der Waals surface area contributed by atoms with E-state index in [0.29, 0.717) is 42.5 Å². The van der Waals surface area contributed by atoms with Gasteiger partial charge in [0.2, 0.25) is 0 Å². The lowest BCUT2D eigenvalue weighted by Crippen LogP contribution is -2.49. The summed E-state index contributed by atoms with van der Waals surface area (Å²) < 4.78 is 10.7. The molecule has 1 fully saturated rings. The van der Waals surface area contributed by atoms with Gasteiger partial charge in [-0.15, -0.1) is 0 Å². The highest BCUT2D eigenvalue weighted by atomic mass is 16.5. The Morgan fingerprint density at radius 1 is 1.36 bits per heavy atom. The van der Waals surface area contributed by atoms with Gasteiger partial charge >= 0.3 is 0 Å². The van der Waals surface area contributed by atoms with Gasteiger partial charge in [-0.3, -0.25) is 9.78 Å². The molecule has 1 aliphatic rings.